The van der Waals surface area contributed by atoms with E-state index in [9.17, 15) is 4.79 Å². The summed E-state index contributed by atoms with van der Waals surface area (Å²) in [6.45, 7) is 1.60. The Hall–Kier alpha value is -2.60. The van der Waals surface area contributed by atoms with Crippen molar-refractivity contribution in [3.8, 4) is 11.3 Å². The van der Waals surface area contributed by atoms with Crippen LogP contribution in [0.1, 0.15) is 44.9 Å². The molecular weight excluding hydrogens is 410 g/mol. The summed E-state index contributed by atoms with van der Waals surface area (Å²) in [7, 11) is 0. The molecule has 1 N–H and O–H groups in total. The number of anilines is 1. The van der Waals surface area contributed by atoms with Crippen molar-refractivity contribution < 1.29 is 4.79 Å². The first-order valence-corrected chi connectivity index (χ1v) is 11.7. The van der Waals surface area contributed by atoms with Gasteiger partial charge in [0.15, 0.2) is 5.82 Å². The van der Waals surface area contributed by atoms with Crippen LogP contribution in [0.25, 0.3) is 16.8 Å². The molecule has 1 saturated heterocycles. The third-order valence-corrected chi connectivity index (χ3v) is 6.77. The molecule has 2 aromatic heterocycles. The van der Waals surface area contributed by atoms with E-state index in [-0.39, 0.29) is 11.8 Å². The van der Waals surface area contributed by atoms with Crippen molar-refractivity contribution in [2.75, 3.05) is 18.0 Å². The zero-order chi connectivity index (χ0) is 21.2. The molecule has 6 nitrogen and oxygen atoms in total. The van der Waals surface area contributed by atoms with Crippen molar-refractivity contribution in [1.82, 2.24) is 19.9 Å². The standard InChI is InChI=1S/C24H28ClN5O/c25-19-8-4-6-17(14-19)21-15-22-23(26-11-13-30(22)28-21)29-12-5-7-18(16-29)24(31)27-20-9-2-1-3-10-20/h4,6,8,11,13-15,18,20H,1-3,5,7,9-10,12,16H2,(H,27,31). The van der Waals surface area contributed by atoms with Crippen LogP contribution in [0.2, 0.25) is 5.02 Å². The highest BCUT2D eigenvalue weighted by Crippen LogP contribution is 2.29. The van der Waals surface area contributed by atoms with Crippen LogP contribution in [-0.2, 0) is 4.79 Å². The molecule has 1 aliphatic heterocycles. The molecule has 1 unspecified atom stereocenters. The molecule has 2 aliphatic rings. The maximum absolute atomic E-state index is 12.9. The molecule has 1 saturated carbocycles. The van der Waals surface area contributed by atoms with Gasteiger partial charge < -0.3 is 10.2 Å². The summed E-state index contributed by atoms with van der Waals surface area (Å²) in [5.74, 6) is 1.10. The average molecular weight is 438 g/mol. The molecule has 0 bridgehead atoms. The molecule has 1 amide bonds. The number of nitrogens with one attached hydrogen (secondary N) is 1. The molecule has 3 aromatic rings. The summed E-state index contributed by atoms with van der Waals surface area (Å²) >= 11 is 6.17. The van der Waals surface area contributed by atoms with Gasteiger partial charge in [0.2, 0.25) is 5.91 Å². The van der Waals surface area contributed by atoms with Crippen LogP contribution in [0, 0.1) is 5.92 Å². The average Bonchev–Trinajstić information content (AvgIpc) is 3.24. The Morgan fingerprint density at radius 3 is 2.81 bits per heavy atom. The lowest BCUT2D eigenvalue weighted by Gasteiger charge is -2.34. The molecule has 162 valence electrons. The number of fused-ring (bicyclic) bond motifs is 1. The number of rotatable bonds is 4. The van der Waals surface area contributed by atoms with Crippen molar-refractivity contribution in [3.63, 3.8) is 0 Å². The summed E-state index contributed by atoms with van der Waals surface area (Å²) < 4.78 is 1.87. The zero-order valence-corrected chi connectivity index (χ0v) is 18.4. The van der Waals surface area contributed by atoms with Gasteiger partial charge in [-0.25, -0.2) is 9.50 Å². The lowest BCUT2D eigenvalue weighted by molar-refractivity contribution is -0.126. The summed E-state index contributed by atoms with van der Waals surface area (Å²) in [6.07, 6.45) is 11.5. The van der Waals surface area contributed by atoms with Crippen molar-refractivity contribution in [2.45, 2.75) is 51.0 Å². The van der Waals surface area contributed by atoms with Crippen molar-refractivity contribution in [1.29, 1.82) is 0 Å². The fourth-order valence-corrected chi connectivity index (χ4v) is 5.08. The predicted octanol–water partition coefficient (Wildman–Crippen LogP) is 4.72. The summed E-state index contributed by atoms with van der Waals surface area (Å²) in [6, 6.07) is 10.1. The fraction of sp³-hybridized carbons (Fsp3) is 0.458. The van der Waals surface area contributed by atoms with E-state index in [1.54, 1.807) is 6.20 Å². The Kier molecular flexibility index (Phi) is 5.81. The van der Waals surface area contributed by atoms with E-state index in [0.717, 1.165) is 54.8 Å². The maximum atomic E-state index is 12.9. The van der Waals surface area contributed by atoms with E-state index in [1.165, 1.54) is 19.3 Å². The second kappa shape index (κ2) is 8.87. The summed E-state index contributed by atoms with van der Waals surface area (Å²) in [4.78, 5) is 19.9. The molecule has 0 radical (unpaired) electrons. The number of hydrogen-bond donors (Lipinski definition) is 1. The first-order chi connectivity index (χ1) is 15.2. The maximum Gasteiger partial charge on any atom is 0.225 e. The van der Waals surface area contributed by atoms with E-state index >= 15 is 0 Å². The highest BCUT2D eigenvalue weighted by molar-refractivity contribution is 6.30. The number of aromatic nitrogens is 3. The molecular formula is C24H28ClN5O. The topological polar surface area (TPSA) is 62.5 Å². The Labute approximate surface area is 187 Å². The van der Waals surface area contributed by atoms with Crippen molar-refractivity contribution in [3.05, 3.63) is 47.7 Å². The zero-order valence-electron chi connectivity index (χ0n) is 17.6. The number of nitrogens with zero attached hydrogens (tertiary/aromatic N) is 4. The highest BCUT2D eigenvalue weighted by Gasteiger charge is 2.29. The van der Waals surface area contributed by atoms with Crippen LogP contribution in [0.4, 0.5) is 5.82 Å². The van der Waals surface area contributed by atoms with E-state index in [1.807, 2.05) is 35.0 Å². The number of carbonyl (C=O) groups is 1. The van der Waals surface area contributed by atoms with Crippen LogP contribution < -0.4 is 10.2 Å². The van der Waals surface area contributed by atoms with Crippen LogP contribution in [0.15, 0.2) is 42.7 Å². The Morgan fingerprint density at radius 2 is 1.97 bits per heavy atom. The molecule has 1 aliphatic carbocycles. The monoisotopic (exact) mass is 437 g/mol. The molecule has 1 aromatic carbocycles. The van der Waals surface area contributed by atoms with Crippen molar-refractivity contribution in [2.24, 2.45) is 5.92 Å². The molecule has 0 spiro atoms. The van der Waals surface area contributed by atoms with Crippen LogP contribution in [0.3, 0.4) is 0 Å². The van der Waals surface area contributed by atoms with Gasteiger partial charge in [-0.1, -0.05) is 43.0 Å². The van der Waals surface area contributed by atoms with E-state index in [2.05, 4.69) is 21.3 Å². The van der Waals surface area contributed by atoms with E-state index in [0.29, 0.717) is 17.6 Å². The first kappa shape index (κ1) is 20.3. The molecule has 3 heterocycles. The molecule has 1 atom stereocenters. The molecule has 7 heteroatoms. The largest absolute Gasteiger partial charge is 0.354 e. The van der Waals surface area contributed by atoms with Crippen LogP contribution in [0.5, 0.6) is 0 Å². The van der Waals surface area contributed by atoms with Gasteiger partial charge in [0.1, 0.15) is 5.52 Å². The normalized spacial score (nSPS) is 20.2. The SMILES string of the molecule is O=C(NC1CCCCC1)C1CCCN(c2nccn3nc(-c4cccc(Cl)c4)cc23)C1. The van der Waals surface area contributed by atoms with Gasteiger partial charge in [0.25, 0.3) is 0 Å². The third-order valence-electron chi connectivity index (χ3n) is 6.53. The van der Waals surface area contributed by atoms with Gasteiger partial charge >= 0.3 is 0 Å². The first-order valence-electron chi connectivity index (χ1n) is 11.3. The number of piperidine rings is 1. The number of halogens is 1. The second-order valence-corrected chi connectivity index (χ2v) is 9.19. The quantitative estimate of drug-likeness (QED) is 0.641. The summed E-state index contributed by atoms with van der Waals surface area (Å²) in [5.41, 5.74) is 2.79. The Bertz CT molecular complexity index is 1070. The summed E-state index contributed by atoms with van der Waals surface area (Å²) in [5, 5.41) is 8.73. The molecule has 31 heavy (non-hydrogen) atoms. The second-order valence-electron chi connectivity index (χ2n) is 8.75. The molecule has 2 fully saturated rings. The van der Waals surface area contributed by atoms with E-state index in [4.69, 9.17) is 16.7 Å². The number of hydrogen-bond acceptors (Lipinski definition) is 4. The highest BCUT2D eigenvalue weighted by atomic mass is 35.5. The number of carbonyl (C=O) groups excluding carboxylic acids is 1. The van der Waals surface area contributed by atoms with Gasteiger partial charge in [-0.3, -0.25) is 4.79 Å². The molecule has 5 rings (SSSR count). The third kappa shape index (κ3) is 4.40. The smallest absolute Gasteiger partial charge is 0.225 e. The van der Waals surface area contributed by atoms with E-state index < -0.39 is 0 Å². The predicted molar refractivity (Wildman–Crippen MR) is 123 cm³/mol. The lowest BCUT2D eigenvalue weighted by Crippen LogP contribution is -2.46. The van der Waals surface area contributed by atoms with Crippen LogP contribution >= 0.6 is 11.6 Å². The Balaban J connectivity index is 1.36. The minimum Gasteiger partial charge on any atom is -0.354 e. The van der Waals surface area contributed by atoms with Gasteiger partial charge in [0.05, 0.1) is 11.6 Å². The van der Waals surface area contributed by atoms with Gasteiger partial charge in [-0.05, 0) is 43.9 Å². The lowest BCUT2D eigenvalue weighted by atomic mass is 9.93. The number of benzene rings is 1. The van der Waals surface area contributed by atoms with Gasteiger partial charge in [-0.2, -0.15) is 5.10 Å². The Morgan fingerprint density at radius 1 is 1.10 bits per heavy atom. The number of amides is 1. The van der Waals surface area contributed by atoms with Gasteiger partial charge in [0, 0.05) is 42.1 Å². The minimum absolute atomic E-state index is 0.00746. The van der Waals surface area contributed by atoms with Gasteiger partial charge in [-0.15, -0.1) is 0 Å². The van der Waals surface area contributed by atoms with Crippen molar-refractivity contribution >= 4 is 28.8 Å². The van der Waals surface area contributed by atoms with Crippen LogP contribution in [-0.4, -0.2) is 39.6 Å². The minimum atomic E-state index is 0.00746. The fourth-order valence-electron chi connectivity index (χ4n) is 4.89.